The molecule has 1 amide bonds. The van der Waals surface area contributed by atoms with Gasteiger partial charge in [0.05, 0.1) is 16.6 Å². The van der Waals surface area contributed by atoms with Crippen LogP contribution in [0.1, 0.15) is 26.7 Å². The van der Waals surface area contributed by atoms with E-state index in [4.69, 9.17) is 5.73 Å². The van der Waals surface area contributed by atoms with Crippen LogP contribution in [0, 0.1) is 11.6 Å². The lowest BCUT2D eigenvalue weighted by Gasteiger charge is -2.22. The lowest BCUT2D eigenvalue weighted by Crippen LogP contribution is -2.48. The zero-order chi connectivity index (χ0) is 18.9. The van der Waals surface area contributed by atoms with E-state index in [2.05, 4.69) is 15.3 Å². The number of nitrogens with one attached hydrogen (secondary N) is 2. The first-order valence-electron chi connectivity index (χ1n) is 8.35. The zero-order valence-corrected chi connectivity index (χ0v) is 14.6. The molecule has 3 rings (SSSR count). The normalized spacial score (nSPS) is 13.6. The highest BCUT2D eigenvalue weighted by molar-refractivity contribution is 5.97. The number of nitrogens with two attached hydrogens (primary N) is 1. The maximum atomic E-state index is 13.3. The summed E-state index contributed by atoms with van der Waals surface area (Å²) in [6, 6.07) is 9.09. The summed E-state index contributed by atoms with van der Waals surface area (Å²) < 4.78 is 26.6. The van der Waals surface area contributed by atoms with E-state index < -0.39 is 17.2 Å². The molecule has 1 unspecified atom stereocenters. The number of H-pyrrole nitrogens is 1. The van der Waals surface area contributed by atoms with Crippen molar-refractivity contribution in [2.45, 2.75) is 32.2 Å². The predicted octanol–water partition coefficient (Wildman–Crippen LogP) is 3.96. The second-order valence-electron chi connectivity index (χ2n) is 6.57. The van der Waals surface area contributed by atoms with E-state index in [1.54, 1.807) is 31.2 Å². The fourth-order valence-electron chi connectivity index (χ4n) is 2.76. The summed E-state index contributed by atoms with van der Waals surface area (Å²) in [5.41, 5.74) is 7.18. The maximum Gasteiger partial charge on any atom is 0.244 e. The van der Waals surface area contributed by atoms with E-state index in [0.29, 0.717) is 29.0 Å². The number of hydrogen-bond donors (Lipinski definition) is 3. The van der Waals surface area contributed by atoms with Gasteiger partial charge in [-0.05, 0) is 37.6 Å². The minimum atomic E-state index is -0.939. The average molecular weight is 358 g/mol. The maximum absolute atomic E-state index is 13.3. The van der Waals surface area contributed by atoms with Gasteiger partial charge in [-0.1, -0.05) is 13.3 Å². The molecule has 7 heteroatoms. The Kier molecular flexibility index (Phi) is 4.73. The van der Waals surface area contributed by atoms with Crippen molar-refractivity contribution in [1.82, 2.24) is 9.97 Å². The van der Waals surface area contributed by atoms with Gasteiger partial charge in [0.2, 0.25) is 5.91 Å². The van der Waals surface area contributed by atoms with Crippen molar-refractivity contribution < 1.29 is 13.6 Å². The van der Waals surface area contributed by atoms with Gasteiger partial charge in [0.25, 0.3) is 0 Å². The Morgan fingerprint density at radius 3 is 2.54 bits per heavy atom. The Balaban J connectivity index is 1.80. The SMILES string of the molecule is CCCC(C)(N)C(=O)Nc1ccc(-c2nc3cc(F)c(F)cc3[nH]2)cc1. The van der Waals surface area contributed by atoms with Gasteiger partial charge in [-0.25, -0.2) is 13.8 Å². The third-order valence-electron chi connectivity index (χ3n) is 4.23. The number of benzene rings is 2. The highest BCUT2D eigenvalue weighted by Gasteiger charge is 2.27. The van der Waals surface area contributed by atoms with Gasteiger partial charge in [-0.15, -0.1) is 0 Å². The van der Waals surface area contributed by atoms with E-state index >= 15 is 0 Å². The third kappa shape index (κ3) is 3.57. The quantitative estimate of drug-likeness (QED) is 0.645. The molecule has 26 heavy (non-hydrogen) atoms. The van der Waals surface area contributed by atoms with E-state index in [1.807, 2.05) is 6.92 Å². The van der Waals surface area contributed by atoms with Crippen LogP contribution >= 0.6 is 0 Å². The molecule has 136 valence electrons. The fraction of sp³-hybridized carbons (Fsp3) is 0.263. The minimum absolute atomic E-state index is 0.248. The Labute approximate surface area is 149 Å². The minimum Gasteiger partial charge on any atom is -0.338 e. The highest BCUT2D eigenvalue weighted by atomic mass is 19.2. The summed E-state index contributed by atoms with van der Waals surface area (Å²) in [6.07, 6.45) is 1.40. The summed E-state index contributed by atoms with van der Waals surface area (Å²) in [5, 5.41) is 2.79. The van der Waals surface area contributed by atoms with Crippen LogP contribution in [0.15, 0.2) is 36.4 Å². The van der Waals surface area contributed by atoms with Crippen LogP contribution in [0.2, 0.25) is 0 Å². The molecular formula is C19H20F2N4O. The van der Waals surface area contributed by atoms with Crippen LogP contribution in [0.4, 0.5) is 14.5 Å². The number of hydrogen-bond acceptors (Lipinski definition) is 3. The van der Waals surface area contributed by atoms with Crippen molar-refractivity contribution in [2.75, 3.05) is 5.32 Å². The number of amides is 1. The molecule has 1 aromatic heterocycles. The van der Waals surface area contributed by atoms with Crippen molar-refractivity contribution >= 4 is 22.6 Å². The van der Waals surface area contributed by atoms with Crippen molar-refractivity contribution in [3.05, 3.63) is 48.0 Å². The number of aromatic nitrogens is 2. The molecule has 0 aliphatic carbocycles. The molecule has 0 saturated carbocycles. The van der Waals surface area contributed by atoms with Crippen LogP contribution < -0.4 is 11.1 Å². The molecule has 0 spiro atoms. The number of aromatic amines is 1. The molecule has 0 fully saturated rings. The van der Waals surface area contributed by atoms with Gasteiger partial charge >= 0.3 is 0 Å². The van der Waals surface area contributed by atoms with Crippen LogP contribution in [0.3, 0.4) is 0 Å². The number of carbonyl (C=O) groups is 1. The number of nitrogens with zero attached hydrogens (tertiary/aromatic N) is 1. The summed E-state index contributed by atoms with van der Waals surface area (Å²) in [4.78, 5) is 19.5. The predicted molar refractivity (Wildman–Crippen MR) is 97.6 cm³/mol. The Hall–Kier alpha value is -2.80. The first-order chi connectivity index (χ1) is 12.3. The number of imidazole rings is 1. The molecule has 5 nitrogen and oxygen atoms in total. The zero-order valence-electron chi connectivity index (χ0n) is 14.6. The van der Waals surface area contributed by atoms with Gasteiger partial charge in [-0.2, -0.15) is 0 Å². The highest BCUT2D eigenvalue weighted by Crippen LogP contribution is 2.24. The van der Waals surface area contributed by atoms with Crippen LogP contribution in [-0.2, 0) is 4.79 Å². The van der Waals surface area contributed by atoms with E-state index in [0.717, 1.165) is 24.1 Å². The monoisotopic (exact) mass is 358 g/mol. The first-order valence-corrected chi connectivity index (χ1v) is 8.35. The van der Waals surface area contributed by atoms with Crippen LogP contribution in [-0.4, -0.2) is 21.4 Å². The number of carbonyl (C=O) groups excluding carboxylic acids is 1. The van der Waals surface area contributed by atoms with E-state index in [9.17, 15) is 13.6 Å². The summed E-state index contributed by atoms with van der Waals surface area (Å²) in [7, 11) is 0. The lowest BCUT2D eigenvalue weighted by molar-refractivity contribution is -0.120. The topological polar surface area (TPSA) is 83.8 Å². The number of rotatable bonds is 5. The molecule has 3 aromatic rings. The molecule has 0 radical (unpaired) electrons. The van der Waals surface area contributed by atoms with Crippen LogP contribution in [0.5, 0.6) is 0 Å². The molecule has 4 N–H and O–H groups in total. The second kappa shape index (κ2) is 6.84. The number of fused-ring (bicyclic) bond motifs is 1. The fourth-order valence-corrected chi connectivity index (χ4v) is 2.76. The van der Waals surface area contributed by atoms with Gasteiger partial charge < -0.3 is 16.0 Å². The molecule has 0 aliphatic rings. The second-order valence-corrected chi connectivity index (χ2v) is 6.57. The van der Waals surface area contributed by atoms with Crippen molar-refractivity contribution in [3.63, 3.8) is 0 Å². The van der Waals surface area contributed by atoms with Gasteiger partial charge in [0.1, 0.15) is 5.82 Å². The number of anilines is 1. The van der Waals surface area contributed by atoms with Crippen LogP contribution in [0.25, 0.3) is 22.4 Å². The Bertz CT molecular complexity index is 909. The lowest BCUT2D eigenvalue weighted by atomic mass is 9.96. The standard InChI is InChI=1S/C19H20F2N4O/c1-3-8-19(2,22)18(26)23-12-6-4-11(5-7-12)17-24-15-9-13(20)14(21)10-16(15)25-17/h4-7,9-10H,3,8,22H2,1-2H3,(H,23,26)(H,24,25). The average Bonchev–Trinajstić information content (AvgIpc) is 2.98. The summed E-state index contributed by atoms with van der Waals surface area (Å²) >= 11 is 0. The summed E-state index contributed by atoms with van der Waals surface area (Å²) in [6.45, 7) is 3.67. The largest absolute Gasteiger partial charge is 0.338 e. The van der Waals surface area contributed by atoms with Gasteiger partial charge in [-0.3, -0.25) is 4.79 Å². The molecule has 0 aliphatic heterocycles. The Morgan fingerprint density at radius 2 is 1.88 bits per heavy atom. The molecular weight excluding hydrogens is 338 g/mol. The number of halogens is 2. The van der Waals surface area contributed by atoms with Gasteiger partial charge in [0, 0.05) is 23.4 Å². The summed E-state index contributed by atoms with van der Waals surface area (Å²) in [5.74, 6) is -1.63. The van der Waals surface area contributed by atoms with E-state index in [-0.39, 0.29) is 5.91 Å². The van der Waals surface area contributed by atoms with Crippen molar-refractivity contribution in [3.8, 4) is 11.4 Å². The third-order valence-corrected chi connectivity index (χ3v) is 4.23. The van der Waals surface area contributed by atoms with Crippen molar-refractivity contribution in [1.29, 1.82) is 0 Å². The molecule has 1 atom stereocenters. The smallest absolute Gasteiger partial charge is 0.244 e. The molecule has 2 aromatic carbocycles. The van der Waals surface area contributed by atoms with E-state index in [1.165, 1.54) is 0 Å². The molecule has 1 heterocycles. The Morgan fingerprint density at radius 1 is 1.23 bits per heavy atom. The van der Waals surface area contributed by atoms with Gasteiger partial charge in [0.15, 0.2) is 11.6 Å². The molecule has 0 bridgehead atoms. The first kappa shape index (κ1) is 18.0. The molecule has 0 saturated heterocycles. The van der Waals surface area contributed by atoms with Crippen molar-refractivity contribution in [2.24, 2.45) is 5.73 Å².